The summed E-state index contributed by atoms with van der Waals surface area (Å²) >= 11 is 0. The number of fused-ring (bicyclic) bond motifs is 5. The van der Waals surface area contributed by atoms with Crippen molar-refractivity contribution in [3.8, 4) is 67.4 Å². The topological polar surface area (TPSA) is 68.9 Å². The van der Waals surface area contributed by atoms with Gasteiger partial charge in [-0.3, -0.25) is 9.97 Å². The summed E-state index contributed by atoms with van der Waals surface area (Å²) in [6.07, 6.45) is 7.51. The van der Waals surface area contributed by atoms with E-state index in [4.69, 9.17) is 15.0 Å². The summed E-state index contributed by atoms with van der Waals surface area (Å²) in [5, 5.41) is 1.17. The van der Waals surface area contributed by atoms with Gasteiger partial charge in [0.05, 0.1) is 39.1 Å². The van der Waals surface area contributed by atoms with Gasteiger partial charge in [-0.1, -0.05) is 109 Å². The molecule has 0 aliphatic carbocycles. The molecule has 0 saturated carbocycles. The van der Waals surface area contributed by atoms with Crippen LogP contribution >= 0.6 is 0 Å². The van der Waals surface area contributed by atoms with Gasteiger partial charge in [-0.2, -0.15) is 0 Å². The van der Waals surface area contributed by atoms with Crippen molar-refractivity contribution in [3.05, 3.63) is 183 Å². The van der Waals surface area contributed by atoms with Crippen LogP contribution in [0, 0.1) is 0 Å². The van der Waals surface area contributed by atoms with E-state index in [1.54, 1.807) is 0 Å². The van der Waals surface area contributed by atoms with Crippen LogP contribution in [0.5, 0.6) is 0 Å². The number of para-hydroxylation sites is 3. The SMILES string of the molecule is c1ccc(-c2cncc(-c3cc(-c4cncc(-c5ccccc5)c4)nc(-c4cccc(-c5nc6ccccc6n6c5cc5ccccc56)c4)n3)c2)cc1. The Morgan fingerprint density at radius 3 is 1.55 bits per heavy atom. The number of hydrogen-bond donors (Lipinski definition) is 0. The van der Waals surface area contributed by atoms with Gasteiger partial charge in [-0.05, 0) is 59.7 Å². The fourth-order valence-corrected chi connectivity index (χ4v) is 7.14. The summed E-state index contributed by atoms with van der Waals surface area (Å²) in [5.41, 5.74) is 14.5. The highest BCUT2D eigenvalue weighted by atomic mass is 14.9. The number of nitrogens with zero attached hydrogens (tertiary/aromatic N) is 6. The molecule has 5 aromatic carbocycles. The molecule has 0 aliphatic heterocycles. The van der Waals surface area contributed by atoms with Gasteiger partial charge in [0.2, 0.25) is 0 Å². The van der Waals surface area contributed by atoms with Crippen molar-refractivity contribution in [3.63, 3.8) is 0 Å². The van der Waals surface area contributed by atoms with Crippen LogP contribution in [0.25, 0.3) is 94.9 Å². The van der Waals surface area contributed by atoms with Gasteiger partial charge in [0.15, 0.2) is 5.82 Å². The van der Waals surface area contributed by atoms with Gasteiger partial charge >= 0.3 is 0 Å². The van der Waals surface area contributed by atoms with Gasteiger partial charge in [-0.25, -0.2) is 15.0 Å². The van der Waals surface area contributed by atoms with E-state index in [0.29, 0.717) is 5.82 Å². The summed E-state index contributed by atoms with van der Waals surface area (Å²) in [6.45, 7) is 0. The van der Waals surface area contributed by atoms with Crippen LogP contribution in [-0.4, -0.2) is 29.3 Å². The molecular formula is C47H30N6. The van der Waals surface area contributed by atoms with Gasteiger partial charge in [-0.15, -0.1) is 0 Å². The molecule has 6 heteroatoms. The highest BCUT2D eigenvalue weighted by Gasteiger charge is 2.17. The normalized spacial score (nSPS) is 11.4. The summed E-state index contributed by atoms with van der Waals surface area (Å²) in [7, 11) is 0. The molecule has 0 N–H and O–H groups in total. The predicted molar refractivity (Wildman–Crippen MR) is 214 cm³/mol. The molecule has 0 aliphatic rings. The maximum atomic E-state index is 5.23. The van der Waals surface area contributed by atoms with E-state index in [-0.39, 0.29) is 0 Å². The first-order valence-corrected chi connectivity index (χ1v) is 17.6. The lowest BCUT2D eigenvalue weighted by Crippen LogP contribution is -1.98. The Labute approximate surface area is 305 Å². The minimum Gasteiger partial charge on any atom is -0.306 e. The molecule has 10 aromatic rings. The minimum absolute atomic E-state index is 0.604. The van der Waals surface area contributed by atoms with E-state index in [2.05, 4.69) is 124 Å². The summed E-state index contributed by atoms with van der Waals surface area (Å²) in [5.74, 6) is 0.604. The van der Waals surface area contributed by atoms with Crippen LogP contribution in [-0.2, 0) is 0 Å². The fourth-order valence-electron chi connectivity index (χ4n) is 7.14. The van der Waals surface area contributed by atoms with E-state index < -0.39 is 0 Å². The molecule has 6 nitrogen and oxygen atoms in total. The minimum atomic E-state index is 0.604. The maximum absolute atomic E-state index is 5.23. The van der Waals surface area contributed by atoms with E-state index in [9.17, 15) is 0 Å². The van der Waals surface area contributed by atoms with Gasteiger partial charge in [0.25, 0.3) is 0 Å². The van der Waals surface area contributed by atoms with Crippen LogP contribution in [0.3, 0.4) is 0 Å². The molecule has 0 radical (unpaired) electrons. The molecule has 53 heavy (non-hydrogen) atoms. The molecule has 5 heterocycles. The molecule has 0 bridgehead atoms. The molecule has 0 fully saturated rings. The number of rotatable bonds is 6. The van der Waals surface area contributed by atoms with Crippen molar-refractivity contribution in [2.24, 2.45) is 0 Å². The summed E-state index contributed by atoms with van der Waals surface area (Å²) < 4.78 is 2.31. The van der Waals surface area contributed by atoms with Crippen molar-refractivity contribution in [2.75, 3.05) is 0 Å². The van der Waals surface area contributed by atoms with E-state index >= 15 is 0 Å². The van der Waals surface area contributed by atoms with Gasteiger partial charge < -0.3 is 4.40 Å². The first kappa shape index (κ1) is 30.5. The number of hydrogen-bond acceptors (Lipinski definition) is 5. The lowest BCUT2D eigenvalue weighted by molar-refractivity contribution is 1.17. The summed E-state index contributed by atoms with van der Waals surface area (Å²) in [6, 6.07) is 54.3. The molecule has 0 saturated heterocycles. The second-order valence-corrected chi connectivity index (χ2v) is 13.1. The molecule has 5 aromatic heterocycles. The zero-order valence-corrected chi connectivity index (χ0v) is 28.5. The van der Waals surface area contributed by atoms with Crippen LogP contribution in [0.2, 0.25) is 0 Å². The van der Waals surface area contributed by atoms with Crippen LogP contribution in [0.1, 0.15) is 0 Å². The average Bonchev–Trinajstić information content (AvgIpc) is 3.64. The average molecular weight is 679 g/mol. The zero-order chi connectivity index (χ0) is 35.1. The van der Waals surface area contributed by atoms with Crippen LogP contribution < -0.4 is 0 Å². The number of aromatic nitrogens is 6. The molecule has 248 valence electrons. The Bertz CT molecular complexity index is 2850. The number of benzene rings is 5. The van der Waals surface area contributed by atoms with Gasteiger partial charge in [0, 0.05) is 63.6 Å². The number of pyridine rings is 2. The molecule has 0 atom stereocenters. The maximum Gasteiger partial charge on any atom is 0.160 e. The zero-order valence-electron chi connectivity index (χ0n) is 28.5. The molecule has 0 amide bonds. The fraction of sp³-hybridized carbons (Fsp3) is 0. The second kappa shape index (κ2) is 12.8. The molecule has 0 spiro atoms. The standard InChI is InChI=1S/C47H30N6/c1-3-12-31(13-4-1)36-23-38(29-48-27-36)41-26-42(39-24-37(28-49-30-39)32-14-5-2-6-15-32)52-47(51-41)35-18-11-17-34(22-35)46-45-25-33-16-7-9-20-43(33)53(45)44-21-10-8-19-40(44)50-46/h1-30H. The van der Waals surface area contributed by atoms with Crippen molar-refractivity contribution in [2.45, 2.75) is 0 Å². The Kier molecular flexibility index (Phi) is 7.36. The third kappa shape index (κ3) is 5.59. The Morgan fingerprint density at radius 1 is 0.340 bits per heavy atom. The lowest BCUT2D eigenvalue weighted by atomic mass is 10.0. The van der Waals surface area contributed by atoms with Crippen LogP contribution in [0.4, 0.5) is 0 Å². The first-order chi connectivity index (χ1) is 26.2. The van der Waals surface area contributed by atoms with E-state index in [0.717, 1.165) is 83.7 Å². The largest absolute Gasteiger partial charge is 0.306 e. The predicted octanol–water partition coefficient (Wildman–Crippen LogP) is 11.2. The van der Waals surface area contributed by atoms with Crippen molar-refractivity contribution in [1.29, 1.82) is 0 Å². The second-order valence-electron chi connectivity index (χ2n) is 13.1. The highest BCUT2D eigenvalue weighted by molar-refractivity contribution is 5.98. The third-order valence-electron chi connectivity index (χ3n) is 9.71. The first-order valence-electron chi connectivity index (χ1n) is 17.6. The monoisotopic (exact) mass is 678 g/mol. The highest BCUT2D eigenvalue weighted by Crippen LogP contribution is 2.35. The van der Waals surface area contributed by atoms with Crippen molar-refractivity contribution in [1.82, 2.24) is 29.3 Å². The molecular weight excluding hydrogens is 649 g/mol. The lowest BCUT2D eigenvalue weighted by Gasteiger charge is -2.13. The van der Waals surface area contributed by atoms with Crippen LogP contribution in [0.15, 0.2) is 183 Å². The molecule has 0 unspecified atom stereocenters. The summed E-state index contributed by atoms with van der Waals surface area (Å²) in [4.78, 5) is 24.9. The molecule has 10 rings (SSSR count). The quantitative estimate of drug-likeness (QED) is 0.175. The van der Waals surface area contributed by atoms with E-state index in [1.807, 2.05) is 73.3 Å². The Balaban J connectivity index is 1.16. The van der Waals surface area contributed by atoms with Crippen molar-refractivity contribution < 1.29 is 0 Å². The Hall–Kier alpha value is -7.31. The Morgan fingerprint density at radius 2 is 0.868 bits per heavy atom. The van der Waals surface area contributed by atoms with Gasteiger partial charge in [0.1, 0.15) is 0 Å². The third-order valence-corrected chi connectivity index (χ3v) is 9.71. The van der Waals surface area contributed by atoms with Crippen molar-refractivity contribution >= 4 is 27.5 Å². The van der Waals surface area contributed by atoms with E-state index in [1.165, 1.54) is 5.39 Å². The smallest absolute Gasteiger partial charge is 0.160 e.